The van der Waals surface area contributed by atoms with E-state index >= 15 is 0 Å². The Morgan fingerprint density at radius 1 is 1.29 bits per heavy atom. The van der Waals surface area contributed by atoms with Crippen LogP contribution in [0, 0.1) is 0 Å². The molecule has 1 atom stereocenters. The maximum absolute atomic E-state index is 12.1. The minimum Gasteiger partial charge on any atom is -0.275 e. The molecule has 0 aromatic heterocycles. The number of nitrogens with one attached hydrogen (secondary N) is 3. The first-order chi connectivity index (χ1) is 11.2. The summed E-state index contributed by atoms with van der Waals surface area (Å²) < 4.78 is 26.8. The number of benzene rings is 1. The van der Waals surface area contributed by atoms with E-state index in [1.165, 1.54) is 24.3 Å². The summed E-state index contributed by atoms with van der Waals surface area (Å²) in [6, 6.07) is 4.34. The Morgan fingerprint density at radius 3 is 2.42 bits per heavy atom. The number of rotatable bonds is 6. The highest BCUT2D eigenvalue weighted by Crippen LogP contribution is 2.12. The van der Waals surface area contributed by atoms with Crippen molar-refractivity contribution in [2.75, 3.05) is 6.54 Å². The average molecular weight is 354 g/mol. The minimum atomic E-state index is -3.65. The average Bonchev–Trinajstić information content (AvgIpc) is 2.84. The van der Waals surface area contributed by atoms with Gasteiger partial charge in [0.05, 0.1) is 4.90 Å². The fourth-order valence-electron chi connectivity index (χ4n) is 1.92. The highest BCUT2D eigenvalue weighted by atomic mass is 32.2. The summed E-state index contributed by atoms with van der Waals surface area (Å²) >= 11 is 0. The van der Waals surface area contributed by atoms with Crippen LogP contribution in [-0.4, -0.2) is 43.9 Å². The maximum atomic E-state index is 12.1. The Balaban J connectivity index is 2.07. The van der Waals surface area contributed by atoms with Gasteiger partial charge in [-0.3, -0.25) is 20.3 Å². The molecule has 2 rings (SSSR count). The Labute approximate surface area is 139 Å². The van der Waals surface area contributed by atoms with Gasteiger partial charge in [0.1, 0.15) is 6.54 Å². The Bertz CT molecular complexity index is 760. The highest BCUT2D eigenvalue weighted by Gasteiger charge is 2.28. The zero-order valence-electron chi connectivity index (χ0n) is 13.2. The summed E-state index contributed by atoms with van der Waals surface area (Å²) in [5.41, 5.74) is 2.43. The lowest BCUT2D eigenvalue weighted by atomic mass is 10.2. The zero-order chi connectivity index (χ0) is 17.9. The van der Waals surface area contributed by atoms with Crippen molar-refractivity contribution >= 4 is 27.9 Å². The summed E-state index contributed by atoms with van der Waals surface area (Å²) in [4.78, 5) is 34.5. The summed E-state index contributed by atoms with van der Waals surface area (Å²) in [6.45, 7) is 3.34. The van der Waals surface area contributed by atoms with E-state index in [0.717, 1.165) is 5.01 Å². The zero-order valence-corrected chi connectivity index (χ0v) is 14.0. The van der Waals surface area contributed by atoms with E-state index in [0.29, 0.717) is 6.42 Å². The Kier molecular flexibility index (Phi) is 5.20. The first-order valence-corrected chi connectivity index (χ1v) is 8.76. The smallest absolute Gasteiger partial charge is 0.275 e. The van der Waals surface area contributed by atoms with Crippen LogP contribution in [0.25, 0.3) is 0 Å². The second kappa shape index (κ2) is 6.97. The number of urea groups is 1. The number of sulfonamides is 1. The molecule has 10 heteroatoms. The molecule has 0 bridgehead atoms. The molecule has 0 radical (unpaired) electrons. The lowest BCUT2D eigenvalue weighted by Gasteiger charge is -2.15. The van der Waals surface area contributed by atoms with Crippen molar-refractivity contribution in [1.82, 2.24) is 20.5 Å². The third kappa shape index (κ3) is 4.09. The number of nitrogens with zero attached hydrogens (tertiary/aromatic N) is 1. The Morgan fingerprint density at radius 2 is 1.92 bits per heavy atom. The van der Waals surface area contributed by atoms with Gasteiger partial charge in [-0.05, 0) is 37.6 Å². The molecule has 4 amide bonds. The maximum Gasteiger partial charge on any atom is 0.343 e. The lowest BCUT2D eigenvalue weighted by Crippen LogP contribution is -2.44. The molecule has 24 heavy (non-hydrogen) atoms. The number of hydrogen-bond donors (Lipinski definition) is 3. The van der Waals surface area contributed by atoms with Crippen molar-refractivity contribution in [3.8, 4) is 0 Å². The van der Waals surface area contributed by atoms with E-state index in [1.807, 2.05) is 12.2 Å². The van der Waals surface area contributed by atoms with Gasteiger partial charge >= 0.3 is 6.03 Å². The molecule has 1 aromatic rings. The van der Waals surface area contributed by atoms with Crippen molar-refractivity contribution in [2.45, 2.75) is 31.2 Å². The molecule has 9 nitrogen and oxygen atoms in total. The fourth-order valence-corrected chi connectivity index (χ4v) is 3.25. The fraction of sp³-hybridized carbons (Fsp3) is 0.357. The van der Waals surface area contributed by atoms with E-state index in [1.54, 1.807) is 6.92 Å². The first kappa shape index (κ1) is 17.9. The molecule has 1 aliphatic rings. The van der Waals surface area contributed by atoms with E-state index < -0.39 is 27.9 Å². The van der Waals surface area contributed by atoms with Crippen LogP contribution in [0.3, 0.4) is 0 Å². The van der Waals surface area contributed by atoms with Gasteiger partial charge in [-0.1, -0.05) is 6.92 Å². The number of hydrogen-bond acceptors (Lipinski definition) is 5. The van der Waals surface area contributed by atoms with Gasteiger partial charge in [-0.2, -0.15) is 0 Å². The molecule has 0 spiro atoms. The first-order valence-electron chi connectivity index (χ1n) is 7.27. The highest BCUT2D eigenvalue weighted by molar-refractivity contribution is 7.89. The number of hydrazine groups is 1. The van der Waals surface area contributed by atoms with E-state index in [4.69, 9.17) is 0 Å². The normalized spacial score (nSPS) is 16.0. The van der Waals surface area contributed by atoms with Crippen molar-refractivity contribution in [3.63, 3.8) is 0 Å². The van der Waals surface area contributed by atoms with Crippen LogP contribution >= 0.6 is 0 Å². The quantitative estimate of drug-likeness (QED) is 0.618. The van der Waals surface area contributed by atoms with Crippen LogP contribution < -0.4 is 15.5 Å². The number of imide groups is 1. The van der Waals surface area contributed by atoms with Crippen LogP contribution in [0.5, 0.6) is 0 Å². The molecule has 1 aromatic carbocycles. The molecule has 3 N–H and O–H groups in total. The molecule has 1 heterocycles. The second-order valence-corrected chi connectivity index (χ2v) is 7.05. The monoisotopic (exact) mass is 354 g/mol. The Hall–Kier alpha value is -2.46. The summed E-state index contributed by atoms with van der Waals surface area (Å²) in [7, 11) is -3.65. The minimum absolute atomic E-state index is 0.0356. The van der Waals surface area contributed by atoms with Gasteiger partial charge in [-0.25, -0.2) is 22.9 Å². The van der Waals surface area contributed by atoms with Crippen LogP contribution in [0.4, 0.5) is 4.79 Å². The number of carbonyl (C=O) groups excluding carboxylic acids is 3. The third-order valence-electron chi connectivity index (χ3n) is 3.43. The molecule has 1 fully saturated rings. The molecular formula is C14H18N4O5S. The van der Waals surface area contributed by atoms with Crippen LogP contribution in [0.1, 0.15) is 30.6 Å². The predicted molar refractivity (Wildman–Crippen MR) is 84.2 cm³/mol. The van der Waals surface area contributed by atoms with E-state index in [2.05, 4.69) is 10.1 Å². The molecule has 1 saturated heterocycles. The standard InChI is InChI=1S/C14H18N4O5S/c1-3-9(2)17-24(22,23)11-6-4-10(5-7-11)13(20)16-18-8-12(19)15-14(18)21/h4-7,9,17H,3,8H2,1-2H3,(H,16,20)(H,15,19,21). The predicted octanol–water partition coefficient (Wildman–Crippen LogP) is -0.0400. The number of carbonyl (C=O) groups is 3. The lowest BCUT2D eigenvalue weighted by molar-refractivity contribution is -0.118. The molecule has 0 saturated carbocycles. The molecule has 1 aliphatic heterocycles. The molecule has 1 unspecified atom stereocenters. The van der Waals surface area contributed by atoms with Gasteiger partial charge in [-0.15, -0.1) is 0 Å². The van der Waals surface area contributed by atoms with Gasteiger partial charge in [0.15, 0.2) is 0 Å². The SMILES string of the molecule is CCC(C)NS(=O)(=O)c1ccc(C(=O)NN2CC(=O)NC2=O)cc1. The van der Waals surface area contributed by atoms with Crippen LogP contribution in [0.15, 0.2) is 29.2 Å². The van der Waals surface area contributed by atoms with Crippen molar-refractivity contribution in [1.29, 1.82) is 0 Å². The second-order valence-electron chi connectivity index (χ2n) is 5.34. The van der Waals surface area contributed by atoms with E-state index in [9.17, 15) is 22.8 Å². The molecular weight excluding hydrogens is 336 g/mol. The summed E-state index contributed by atoms with van der Waals surface area (Å²) in [5, 5.41) is 2.87. The van der Waals surface area contributed by atoms with Crippen LogP contribution in [0.2, 0.25) is 0 Å². The van der Waals surface area contributed by atoms with Gasteiger partial charge in [0, 0.05) is 11.6 Å². The molecule has 0 aliphatic carbocycles. The summed E-state index contributed by atoms with van der Waals surface area (Å²) in [5.74, 6) is -1.14. The number of amides is 4. The van der Waals surface area contributed by atoms with Crippen molar-refractivity contribution < 1.29 is 22.8 Å². The van der Waals surface area contributed by atoms with Crippen molar-refractivity contribution in [2.24, 2.45) is 0 Å². The third-order valence-corrected chi connectivity index (χ3v) is 5.03. The largest absolute Gasteiger partial charge is 0.343 e. The molecule has 130 valence electrons. The topological polar surface area (TPSA) is 125 Å². The van der Waals surface area contributed by atoms with Gasteiger partial charge in [0.2, 0.25) is 15.9 Å². The van der Waals surface area contributed by atoms with Gasteiger partial charge < -0.3 is 0 Å². The van der Waals surface area contributed by atoms with Gasteiger partial charge in [0.25, 0.3) is 5.91 Å². The van der Waals surface area contributed by atoms with Crippen LogP contribution in [-0.2, 0) is 14.8 Å². The van der Waals surface area contributed by atoms with E-state index in [-0.39, 0.29) is 23.0 Å². The van der Waals surface area contributed by atoms with Crippen molar-refractivity contribution in [3.05, 3.63) is 29.8 Å². The summed E-state index contributed by atoms with van der Waals surface area (Å²) in [6.07, 6.45) is 0.649.